The molecule has 0 spiro atoms. The second-order valence-electron chi connectivity index (χ2n) is 10.3. The predicted octanol–water partition coefficient (Wildman–Crippen LogP) is 6.46. The molecule has 0 heterocycles. The molecule has 0 amide bonds. The van der Waals surface area contributed by atoms with E-state index in [4.69, 9.17) is 4.74 Å². The fourth-order valence-electron chi connectivity index (χ4n) is 6.53. The van der Waals surface area contributed by atoms with Gasteiger partial charge in [0.15, 0.2) is 0 Å². The summed E-state index contributed by atoms with van der Waals surface area (Å²) in [6, 6.07) is 6.74. The van der Waals surface area contributed by atoms with Gasteiger partial charge in [-0.05, 0) is 98.8 Å². The van der Waals surface area contributed by atoms with Crippen LogP contribution < -0.4 is 4.74 Å². The van der Waals surface area contributed by atoms with E-state index in [0.717, 1.165) is 17.6 Å². The van der Waals surface area contributed by atoms with Crippen molar-refractivity contribution in [1.82, 2.24) is 0 Å². The van der Waals surface area contributed by atoms with Gasteiger partial charge < -0.3 is 4.74 Å². The summed E-state index contributed by atoms with van der Waals surface area (Å²) in [4.78, 5) is 0. The highest BCUT2D eigenvalue weighted by Crippen LogP contribution is 2.65. The highest BCUT2D eigenvalue weighted by atomic mass is 16.5. The van der Waals surface area contributed by atoms with Gasteiger partial charge in [-0.3, -0.25) is 0 Å². The normalized spacial score (nSPS) is 40.2. The zero-order chi connectivity index (χ0) is 17.2. The molecule has 3 saturated carbocycles. The summed E-state index contributed by atoms with van der Waals surface area (Å²) < 4.78 is 6.95. The van der Waals surface area contributed by atoms with Gasteiger partial charge in [-0.1, -0.05) is 26.8 Å². The third kappa shape index (κ3) is 2.59. The lowest BCUT2D eigenvalue weighted by Gasteiger charge is -2.59. The van der Waals surface area contributed by atoms with E-state index in [0.29, 0.717) is 10.8 Å². The van der Waals surface area contributed by atoms with Crippen molar-refractivity contribution in [1.29, 1.82) is 0 Å². The SMILES string of the molecule is Cc1cc(C)cc(O[C@@]23CCC[C@@](C)(CC[C@@H]4[C@@H]2CC4(C)C)C3)c1. The fourth-order valence-corrected chi connectivity index (χ4v) is 6.53. The number of ether oxygens (including phenoxy) is 1. The average Bonchev–Trinajstić information content (AvgIpc) is 2.49. The zero-order valence-corrected chi connectivity index (χ0v) is 16.2. The lowest BCUT2D eigenvalue weighted by Crippen LogP contribution is -2.59. The molecule has 0 saturated heterocycles. The zero-order valence-electron chi connectivity index (χ0n) is 16.2. The van der Waals surface area contributed by atoms with Gasteiger partial charge in [-0.15, -0.1) is 0 Å². The van der Waals surface area contributed by atoms with Gasteiger partial charge in [0.2, 0.25) is 0 Å². The van der Waals surface area contributed by atoms with Crippen LogP contribution in [0, 0.1) is 36.5 Å². The molecule has 0 aromatic heterocycles. The lowest BCUT2D eigenvalue weighted by atomic mass is 9.49. The maximum absolute atomic E-state index is 6.95. The van der Waals surface area contributed by atoms with Crippen molar-refractivity contribution < 1.29 is 4.74 Å². The number of hydrogen-bond acceptors (Lipinski definition) is 1. The summed E-state index contributed by atoms with van der Waals surface area (Å²) in [6.45, 7) is 11.9. The Bertz CT molecular complexity index is 625. The molecule has 1 nitrogen and oxygen atoms in total. The first-order valence-corrected chi connectivity index (χ1v) is 9.99. The number of benzene rings is 1. The van der Waals surface area contributed by atoms with Crippen LogP contribution in [-0.4, -0.2) is 5.60 Å². The summed E-state index contributed by atoms with van der Waals surface area (Å²) in [5.74, 6) is 2.72. The standard InChI is InChI=1S/C23H34O/c1-16-11-17(2)13-18(12-16)24-23-9-6-8-22(5,15-23)10-7-19-20(23)14-21(19,3)4/h11-13,19-20H,6-10,14-15H2,1-5H3/t19-,20+,22+,23-/m1/s1. The molecule has 0 radical (unpaired) electrons. The highest BCUT2D eigenvalue weighted by Gasteiger charge is 2.62. The first kappa shape index (κ1) is 16.5. The van der Waals surface area contributed by atoms with Crippen LogP contribution in [0.1, 0.15) is 76.8 Å². The van der Waals surface area contributed by atoms with Crippen molar-refractivity contribution in [2.75, 3.05) is 0 Å². The Morgan fingerprint density at radius 1 is 0.917 bits per heavy atom. The van der Waals surface area contributed by atoms with Gasteiger partial charge in [0.25, 0.3) is 0 Å². The molecule has 0 unspecified atom stereocenters. The number of rotatable bonds is 2. The first-order chi connectivity index (χ1) is 11.2. The van der Waals surface area contributed by atoms with Crippen LogP contribution in [0.25, 0.3) is 0 Å². The van der Waals surface area contributed by atoms with Gasteiger partial charge in [0.1, 0.15) is 11.4 Å². The summed E-state index contributed by atoms with van der Waals surface area (Å²) in [7, 11) is 0. The summed E-state index contributed by atoms with van der Waals surface area (Å²) in [5, 5.41) is 0. The summed E-state index contributed by atoms with van der Waals surface area (Å²) >= 11 is 0. The maximum atomic E-state index is 6.95. The minimum atomic E-state index is 0.0872. The molecule has 24 heavy (non-hydrogen) atoms. The number of fused-ring (bicyclic) bond motifs is 4. The van der Waals surface area contributed by atoms with Gasteiger partial charge in [-0.25, -0.2) is 0 Å². The maximum Gasteiger partial charge on any atom is 0.120 e. The molecule has 1 aromatic rings. The highest BCUT2D eigenvalue weighted by molar-refractivity contribution is 5.34. The van der Waals surface area contributed by atoms with E-state index in [-0.39, 0.29) is 5.60 Å². The Balaban J connectivity index is 1.71. The smallest absolute Gasteiger partial charge is 0.120 e. The van der Waals surface area contributed by atoms with Crippen LogP contribution in [0.3, 0.4) is 0 Å². The minimum absolute atomic E-state index is 0.0872. The Morgan fingerprint density at radius 3 is 2.29 bits per heavy atom. The number of aryl methyl sites for hydroxylation is 2. The molecule has 1 aromatic carbocycles. The van der Waals surface area contributed by atoms with Gasteiger partial charge in [0, 0.05) is 5.92 Å². The quantitative estimate of drug-likeness (QED) is 0.606. The molecular weight excluding hydrogens is 292 g/mol. The van der Waals surface area contributed by atoms with Gasteiger partial charge in [0.05, 0.1) is 0 Å². The molecule has 4 rings (SSSR count). The fraction of sp³-hybridized carbons (Fsp3) is 0.739. The second-order valence-corrected chi connectivity index (χ2v) is 10.3. The van der Waals surface area contributed by atoms with Crippen LogP contribution in [-0.2, 0) is 0 Å². The Morgan fingerprint density at radius 2 is 1.62 bits per heavy atom. The Labute approximate surface area is 148 Å². The number of hydrogen-bond donors (Lipinski definition) is 0. The molecule has 0 aliphatic heterocycles. The van der Waals surface area contributed by atoms with Gasteiger partial charge in [-0.2, -0.15) is 0 Å². The second kappa shape index (κ2) is 5.26. The Hall–Kier alpha value is -0.980. The monoisotopic (exact) mass is 326 g/mol. The average molecular weight is 327 g/mol. The van der Waals surface area contributed by atoms with Crippen molar-refractivity contribution >= 4 is 0 Å². The molecule has 0 N–H and O–H groups in total. The van der Waals surface area contributed by atoms with Crippen LogP contribution >= 0.6 is 0 Å². The summed E-state index contributed by atoms with van der Waals surface area (Å²) in [5.41, 5.74) is 3.73. The van der Waals surface area contributed by atoms with Gasteiger partial charge >= 0.3 is 0 Å². The van der Waals surface area contributed by atoms with E-state index in [9.17, 15) is 0 Å². The van der Waals surface area contributed by atoms with Crippen LogP contribution in [0.2, 0.25) is 0 Å². The van der Waals surface area contributed by atoms with Crippen molar-refractivity contribution in [3.05, 3.63) is 29.3 Å². The molecule has 132 valence electrons. The van der Waals surface area contributed by atoms with Crippen LogP contribution in [0.15, 0.2) is 18.2 Å². The van der Waals surface area contributed by atoms with Crippen molar-refractivity contribution in [3.8, 4) is 5.75 Å². The lowest BCUT2D eigenvalue weighted by molar-refractivity contribution is -0.146. The van der Waals surface area contributed by atoms with Crippen molar-refractivity contribution in [3.63, 3.8) is 0 Å². The predicted molar refractivity (Wildman–Crippen MR) is 100 cm³/mol. The van der Waals surface area contributed by atoms with E-state index in [1.165, 1.54) is 56.1 Å². The van der Waals surface area contributed by atoms with E-state index in [1.807, 2.05) is 0 Å². The first-order valence-electron chi connectivity index (χ1n) is 9.99. The molecule has 3 aliphatic rings. The third-order valence-electron chi connectivity index (χ3n) is 7.59. The van der Waals surface area contributed by atoms with E-state index in [2.05, 4.69) is 52.8 Å². The van der Waals surface area contributed by atoms with Crippen molar-refractivity contribution in [2.45, 2.75) is 85.2 Å². The molecule has 4 atom stereocenters. The van der Waals surface area contributed by atoms with E-state index >= 15 is 0 Å². The van der Waals surface area contributed by atoms with Crippen LogP contribution in [0.5, 0.6) is 5.75 Å². The molecule has 1 heteroatoms. The molecule has 3 fully saturated rings. The Kier molecular flexibility index (Phi) is 3.61. The van der Waals surface area contributed by atoms with Crippen LogP contribution in [0.4, 0.5) is 0 Å². The molecular formula is C23H34O. The largest absolute Gasteiger partial charge is 0.487 e. The molecule has 3 aliphatic carbocycles. The topological polar surface area (TPSA) is 9.23 Å². The van der Waals surface area contributed by atoms with Crippen molar-refractivity contribution in [2.24, 2.45) is 22.7 Å². The van der Waals surface area contributed by atoms with E-state index < -0.39 is 0 Å². The van der Waals surface area contributed by atoms with E-state index in [1.54, 1.807) is 0 Å². The summed E-state index contributed by atoms with van der Waals surface area (Å²) in [6.07, 6.45) is 9.41. The molecule has 2 bridgehead atoms. The minimum Gasteiger partial charge on any atom is -0.487 e. The third-order valence-corrected chi connectivity index (χ3v) is 7.59.